The molecular weight excluding hydrogens is 466 g/mol. The van der Waals surface area contributed by atoms with Gasteiger partial charge in [0.1, 0.15) is 12.4 Å². The highest BCUT2D eigenvalue weighted by molar-refractivity contribution is 6.31. The van der Waals surface area contributed by atoms with Gasteiger partial charge in [0.15, 0.2) is 0 Å². The van der Waals surface area contributed by atoms with Gasteiger partial charge in [0, 0.05) is 24.5 Å². The van der Waals surface area contributed by atoms with Crippen molar-refractivity contribution in [2.75, 3.05) is 26.2 Å². The van der Waals surface area contributed by atoms with Crippen molar-refractivity contribution in [3.8, 4) is 5.75 Å². The molecule has 0 radical (unpaired) electrons. The van der Waals surface area contributed by atoms with Gasteiger partial charge < -0.3 is 20.3 Å². The van der Waals surface area contributed by atoms with Gasteiger partial charge in [-0.2, -0.15) is 0 Å². The van der Waals surface area contributed by atoms with E-state index in [1.54, 1.807) is 23.1 Å². The summed E-state index contributed by atoms with van der Waals surface area (Å²) in [5.74, 6) is -0.0448. The number of benzene rings is 2. The lowest BCUT2D eigenvalue weighted by Gasteiger charge is -2.26. The molecular formula is C27H34ClN3O4. The summed E-state index contributed by atoms with van der Waals surface area (Å²) in [4.78, 5) is 40.3. The average Bonchev–Trinajstić information content (AvgIpc) is 2.84. The van der Waals surface area contributed by atoms with E-state index in [9.17, 15) is 14.4 Å². The Bertz CT molecular complexity index is 1010. The predicted octanol–water partition coefficient (Wildman–Crippen LogP) is 3.84. The molecule has 3 rings (SSSR count). The van der Waals surface area contributed by atoms with Crippen LogP contribution in [0.4, 0.5) is 0 Å². The summed E-state index contributed by atoms with van der Waals surface area (Å²) in [6.45, 7) is 5.05. The maximum atomic E-state index is 13.0. The Morgan fingerprint density at radius 3 is 2.66 bits per heavy atom. The van der Waals surface area contributed by atoms with Crippen LogP contribution in [0.2, 0.25) is 5.02 Å². The van der Waals surface area contributed by atoms with Crippen LogP contribution in [0.25, 0.3) is 0 Å². The van der Waals surface area contributed by atoms with E-state index in [4.69, 9.17) is 16.3 Å². The monoisotopic (exact) mass is 499 g/mol. The van der Waals surface area contributed by atoms with Gasteiger partial charge in [-0.05, 0) is 48.9 Å². The number of ether oxygens (including phenoxy) is 1. The van der Waals surface area contributed by atoms with E-state index in [2.05, 4.69) is 10.6 Å². The average molecular weight is 500 g/mol. The second-order valence-corrected chi connectivity index (χ2v) is 9.57. The maximum Gasteiger partial charge on any atom is 0.255 e. The van der Waals surface area contributed by atoms with Gasteiger partial charge >= 0.3 is 0 Å². The molecule has 3 amide bonds. The summed E-state index contributed by atoms with van der Waals surface area (Å²) in [7, 11) is 0. The molecule has 1 atom stereocenters. The Morgan fingerprint density at radius 1 is 1.14 bits per heavy atom. The Balaban J connectivity index is 1.72. The van der Waals surface area contributed by atoms with E-state index in [0.717, 1.165) is 5.56 Å². The fourth-order valence-electron chi connectivity index (χ4n) is 3.88. The van der Waals surface area contributed by atoms with E-state index in [1.807, 2.05) is 44.2 Å². The minimum Gasteiger partial charge on any atom is -0.491 e. The first kappa shape index (κ1) is 26.5. The minimum atomic E-state index is -0.291. The molecule has 0 aromatic heterocycles. The zero-order chi connectivity index (χ0) is 25.2. The molecule has 2 aromatic rings. The summed E-state index contributed by atoms with van der Waals surface area (Å²) in [6.07, 6.45) is 2.29. The molecule has 35 heavy (non-hydrogen) atoms. The number of nitrogens with one attached hydrogen (secondary N) is 2. The highest BCUT2D eigenvalue weighted by Crippen LogP contribution is 2.24. The number of nitrogens with zero attached hydrogens (tertiary/aromatic N) is 1. The van der Waals surface area contributed by atoms with Crippen LogP contribution in [0.3, 0.4) is 0 Å². The molecule has 0 saturated carbocycles. The molecule has 188 valence electrons. The van der Waals surface area contributed by atoms with Gasteiger partial charge in [-0.3, -0.25) is 14.4 Å². The van der Waals surface area contributed by atoms with E-state index in [1.165, 1.54) is 0 Å². The number of rotatable bonds is 4. The number of hydrogen-bond donors (Lipinski definition) is 2. The van der Waals surface area contributed by atoms with Gasteiger partial charge in [0.2, 0.25) is 11.8 Å². The van der Waals surface area contributed by atoms with Crippen LogP contribution < -0.4 is 15.4 Å². The topological polar surface area (TPSA) is 87.7 Å². The zero-order valence-electron chi connectivity index (χ0n) is 20.4. The first-order valence-electron chi connectivity index (χ1n) is 12.1. The third-order valence-corrected chi connectivity index (χ3v) is 6.29. The minimum absolute atomic E-state index is 0.00457. The summed E-state index contributed by atoms with van der Waals surface area (Å²) in [6, 6.07) is 14.5. The Hall–Kier alpha value is -3.06. The first-order valence-corrected chi connectivity index (χ1v) is 12.5. The van der Waals surface area contributed by atoms with Crippen molar-refractivity contribution >= 4 is 29.3 Å². The van der Waals surface area contributed by atoms with Crippen LogP contribution in [0.5, 0.6) is 5.75 Å². The fraction of sp³-hybridized carbons (Fsp3) is 0.444. The molecule has 0 spiro atoms. The molecule has 1 aliphatic heterocycles. The Kier molecular flexibility index (Phi) is 9.97. The smallest absolute Gasteiger partial charge is 0.255 e. The van der Waals surface area contributed by atoms with Crippen LogP contribution >= 0.6 is 11.6 Å². The zero-order valence-corrected chi connectivity index (χ0v) is 21.1. The van der Waals surface area contributed by atoms with Gasteiger partial charge in [-0.25, -0.2) is 0 Å². The second-order valence-electron chi connectivity index (χ2n) is 9.13. The molecule has 1 aliphatic rings. The Labute approximate surface area is 212 Å². The molecule has 2 aromatic carbocycles. The molecule has 1 heterocycles. The maximum absolute atomic E-state index is 13.0. The molecule has 2 N–H and O–H groups in total. The van der Waals surface area contributed by atoms with E-state index in [-0.39, 0.29) is 42.8 Å². The summed E-state index contributed by atoms with van der Waals surface area (Å²) in [5.41, 5.74) is 1.45. The number of halogens is 1. The van der Waals surface area contributed by atoms with Crippen LogP contribution in [0.1, 0.15) is 49.0 Å². The van der Waals surface area contributed by atoms with Crippen molar-refractivity contribution in [3.63, 3.8) is 0 Å². The molecule has 0 aliphatic carbocycles. The number of hydrogen-bond acceptors (Lipinski definition) is 4. The SMILES string of the molecule is CC(C)[C@@H]1COc2ccc(Cl)cc2C(=O)NCCCCN(C(=O)CCc2ccccc2)CC(=O)N1. The van der Waals surface area contributed by atoms with Crippen molar-refractivity contribution in [2.45, 2.75) is 45.6 Å². The number of carbonyl (C=O) groups is 3. The van der Waals surface area contributed by atoms with E-state index in [0.29, 0.717) is 55.1 Å². The lowest BCUT2D eigenvalue weighted by atomic mass is 10.1. The second kappa shape index (κ2) is 13.1. The quantitative estimate of drug-likeness (QED) is 0.669. The number of fused-ring (bicyclic) bond motifs is 1. The summed E-state index contributed by atoms with van der Waals surface area (Å²) >= 11 is 6.12. The number of carbonyl (C=O) groups excluding carboxylic acids is 3. The van der Waals surface area contributed by atoms with Crippen LogP contribution in [0, 0.1) is 5.92 Å². The van der Waals surface area contributed by atoms with Crippen LogP contribution in [-0.2, 0) is 16.0 Å². The highest BCUT2D eigenvalue weighted by atomic mass is 35.5. The van der Waals surface area contributed by atoms with Gasteiger partial charge in [-0.1, -0.05) is 55.8 Å². The molecule has 0 bridgehead atoms. The van der Waals surface area contributed by atoms with Crippen molar-refractivity contribution < 1.29 is 19.1 Å². The fourth-order valence-corrected chi connectivity index (χ4v) is 4.05. The Morgan fingerprint density at radius 2 is 1.91 bits per heavy atom. The summed E-state index contributed by atoms with van der Waals surface area (Å²) < 4.78 is 5.96. The highest BCUT2D eigenvalue weighted by Gasteiger charge is 2.23. The first-order chi connectivity index (χ1) is 16.8. The van der Waals surface area contributed by atoms with Gasteiger partial charge in [0.05, 0.1) is 18.2 Å². The van der Waals surface area contributed by atoms with Crippen LogP contribution in [-0.4, -0.2) is 54.9 Å². The van der Waals surface area contributed by atoms with Crippen molar-refractivity contribution in [1.29, 1.82) is 0 Å². The summed E-state index contributed by atoms with van der Waals surface area (Å²) in [5, 5.41) is 6.36. The van der Waals surface area contributed by atoms with Crippen molar-refractivity contribution in [1.82, 2.24) is 15.5 Å². The molecule has 0 fully saturated rings. The lowest BCUT2D eigenvalue weighted by molar-refractivity contribution is -0.136. The van der Waals surface area contributed by atoms with Crippen LogP contribution in [0.15, 0.2) is 48.5 Å². The third-order valence-electron chi connectivity index (χ3n) is 6.05. The predicted molar refractivity (Wildman–Crippen MR) is 137 cm³/mol. The standard InChI is InChI=1S/C27H34ClN3O4/c1-19(2)23-18-35-24-12-11-21(28)16-22(24)27(34)29-14-6-7-15-31(17-25(32)30-23)26(33)13-10-20-8-4-3-5-9-20/h3-5,8-9,11-12,16,19,23H,6-7,10,13-15,17-18H2,1-2H3,(H,29,34)(H,30,32)/t23-/m0/s1. The lowest BCUT2D eigenvalue weighted by Crippen LogP contribution is -2.48. The van der Waals surface area contributed by atoms with Crippen molar-refractivity contribution in [3.05, 3.63) is 64.7 Å². The third kappa shape index (κ3) is 8.28. The molecule has 0 saturated heterocycles. The van der Waals surface area contributed by atoms with E-state index >= 15 is 0 Å². The molecule has 8 heteroatoms. The van der Waals surface area contributed by atoms with Gasteiger partial charge in [0.25, 0.3) is 5.91 Å². The largest absolute Gasteiger partial charge is 0.491 e. The normalized spacial score (nSPS) is 17.9. The van der Waals surface area contributed by atoms with E-state index < -0.39 is 0 Å². The van der Waals surface area contributed by atoms with Crippen molar-refractivity contribution in [2.24, 2.45) is 5.92 Å². The molecule has 7 nitrogen and oxygen atoms in total. The van der Waals surface area contributed by atoms with Gasteiger partial charge in [-0.15, -0.1) is 0 Å². The number of amides is 3. The molecule has 0 unspecified atom stereocenters. The number of aryl methyl sites for hydroxylation is 1.